The van der Waals surface area contributed by atoms with E-state index in [4.69, 9.17) is 18.9 Å². The van der Waals surface area contributed by atoms with Crippen LogP contribution in [0.15, 0.2) is 79.4 Å². The average Bonchev–Trinajstić information content (AvgIpc) is 2.88. The molecule has 0 aliphatic rings. The Morgan fingerprint density at radius 2 is 1.43 bits per heavy atom. The highest BCUT2D eigenvalue weighted by molar-refractivity contribution is 5.92. The number of methoxy groups -OCH3 is 1. The van der Waals surface area contributed by atoms with Gasteiger partial charge >= 0.3 is 17.9 Å². The predicted molar refractivity (Wildman–Crippen MR) is 130 cm³/mol. The maximum Gasteiger partial charge on any atom is 0.343 e. The van der Waals surface area contributed by atoms with E-state index in [0.29, 0.717) is 33.9 Å². The zero-order valence-electron chi connectivity index (χ0n) is 19.8. The quantitative estimate of drug-likeness (QED) is 0.237. The van der Waals surface area contributed by atoms with Gasteiger partial charge in [-0.2, -0.15) is 0 Å². The minimum Gasteiger partial charge on any atom is -0.497 e. The van der Waals surface area contributed by atoms with E-state index in [2.05, 4.69) is 6.58 Å². The van der Waals surface area contributed by atoms with Crippen molar-refractivity contribution in [3.8, 4) is 17.2 Å². The van der Waals surface area contributed by atoms with Gasteiger partial charge in [-0.25, -0.2) is 14.4 Å². The molecule has 0 amide bonds. The van der Waals surface area contributed by atoms with Crippen molar-refractivity contribution < 1.29 is 33.3 Å². The third-order valence-electron chi connectivity index (χ3n) is 5.24. The van der Waals surface area contributed by atoms with Gasteiger partial charge in [-0.1, -0.05) is 25.6 Å². The first-order valence-corrected chi connectivity index (χ1v) is 10.9. The van der Waals surface area contributed by atoms with E-state index in [1.54, 1.807) is 80.8 Å². The molecule has 0 fully saturated rings. The largest absolute Gasteiger partial charge is 0.497 e. The standard InChI is InChI=1S/C28H26O7/c1-5-26(29)33-17-19(3)20-6-8-21(9-7-20)27(30)34-24-14-15-25(18(2)16-24)35-28(31)22-10-12-23(32-4)13-11-22/h5-16,19H,1,17H2,2-4H3. The number of hydrogen-bond acceptors (Lipinski definition) is 7. The van der Waals surface area contributed by atoms with Crippen LogP contribution in [0.2, 0.25) is 0 Å². The minimum atomic E-state index is -0.523. The molecule has 0 bridgehead atoms. The molecule has 1 unspecified atom stereocenters. The number of carbonyl (C=O) groups is 3. The number of aryl methyl sites for hydroxylation is 1. The van der Waals surface area contributed by atoms with Crippen molar-refractivity contribution in [3.63, 3.8) is 0 Å². The molecule has 0 aliphatic heterocycles. The fourth-order valence-corrected chi connectivity index (χ4v) is 3.16. The van der Waals surface area contributed by atoms with Crippen molar-refractivity contribution in [1.29, 1.82) is 0 Å². The van der Waals surface area contributed by atoms with E-state index in [9.17, 15) is 14.4 Å². The van der Waals surface area contributed by atoms with Crippen LogP contribution in [0.3, 0.4) is 0 Å². The zero-order valence-corrected chi connectivity index (χ0v) is 19.8. The van der Waals surface area contributed by atoms with Gasteiger partial charge in [0.2, 0.25) is 0 Å². The highest BCUT2D eigenvalue weighted by Gasteiger charge is 2.14. The van der Waals surface area contributed by atoms with E-state index in [0.717, 1.165) is 11.6 Å². The molecule has 7 heteroatoms. The Bertz CT molecular complexity index is 1210. The lowest BCUT2D eigenvalue weighted by Gasteiger charge is -2.13. The Labute approximate surface area is 203 Å². The molecule has 0 N–H and O–H groups in total. The van der Waals surface area contributed by atoms with E-state index < -0.39 is 17.9 Å². The van der Waals surface area contributed by atoms with Crippen molar-refractivity contribution in [1.82, 2.24) is 0 Å². The van der Waals surface area contributed by atoms with Crippen molar-refractivity contribution in [2.24, 2.45) is 0 Å². The Balaban J connectivity index is 1.60. The van der Waals surface area contributed by atoms with Crippen LogP contribution < -0.4 is 14.2 Å². The highest BCUT2D eigenvalue weighted by Crippen LogP contribution is 2.26. The Morgan fingerprint density at radius 1 is 0.857 bits per heavy atom. The molecule has 3 rings (SSSR count). The number of hydrogen-bond donors (Lipinski definition) is 0. The van der Waals surface area contributed by atoms with E-state index in [1.807, 2.05) is 6.92 Å². The molecular formula is C28H26O7. The predicted octanol–water partition coefficient (Wildman–Crippen LogP) is 5.27. The lowest BCUT2D eigenvalue weighted by atomic mass is 10.0. The molecule has 7 nitrogen and oxygen atoms in total. The van der Waals surface area contributed by atoms with Gasteiger partial charge in [0.1, 0.15) is 17.2 Å². The summed E-state index contributed by atoms with van der Waals surface area (Å²) in [5.74, 6) is -0.221. The molecule has 0 saturated carbocycles. The molecule has 0 aromatic heterocycles. The summed E-state index contributed by atoms with van der Waals surface area (Å²) in [6.07, 6.45) is 1.12. The summed E-state index contributed by atoms with van der Waals surface area (Å²) in [4.78, 5) is 36.2. The molecule has 0 spiro atoms. The molecule has 3 aromatic carbocycles. The number of carbonyl (C=O) groups excluding carboxylic acids is 3. The Kier molecular flexibility index (Phi) is 8.40. The van der Waals surface area contributed by atoms with Crippen LogP contribution in [0.4, 0.5) is 0 Å². The SMILES string of the molecule is C=CC(=O)OCC(C)c1ccc(C(=O)Oc2ccc(OC(=O)c3ccc(OC)cc3)c(C)c2)cc1. The fraction of sp³-hybridized carbons (Fsp3) is 0.179. The first-order chi connectivity index (χ1) is 16.8. The molecule has 180 valence electrons. The smallest absolute Gasteiger partial charge is 0.343 e. The van der Waals surface area contributed by atoms with Crippen LogP contribution in [0, 0.1) is 6.92 Å². The lowest BCUT2D eigenvalue weighted by Crippen LogP contribution is -2.11. The average molecular weight is 475 g/mol. The normalized spacial score (nSPS) is 11.2. The molecule has 0 radical (unpaired) electrons. The van der Waals surface area contributed by atoms with Crippen molar-refractivity contribution >= 4 is 17.9 Å². The topological polar surface area (TPSA) is 88.1 Å². The van der Waals surface area contributed by atoms with Crippen molar-refractivity contribution in [2.75, 3.05) is 13.7 Å². The van der Waals surface area contributed by atoms with Gasteiger partial charge < -0.3 is 18.9 Å². The summed E-state index contributed by atoms with van der Waals surface area (Å²) in [6, 6.07) is 18.2. The van der Waals surface area contributed by atoms with Gasteiger partial charge in [0.15, 0.2) is 0 Å². The van der Waals surface area contributed by atoms with Crippen molar-refractivity contribution in [2.45, 2.75) is 19.8 Å². The summed E-state index contributed by atoms with van der Waals surface area (Å²) >= 11 is 0. The highest BCUT2D eigenvalue weighted by atomic mass is 16.5. The maximum atomic E-state index is 12.6. The lowest BCUT2D eigenvalue weighted by molar-refractivity contribution is -0.138. The first kappa shape index (κ1) is 25.2. The van der Waals surface area contributed by atoms with Gasteiger partial charge in [-0.05, 0) is 72.6 Å². The van der Waals surface area contributed by atoms with Gasteiger partial charge in [-0.15, -0.1) is 0 Å². The minimum absolute atomic E-state index is 0.0419. The summed E-state index contributed by atoms with van der Waals surface area (Å²) in [6.45, 7) is 7.24. The second-order valence-electron chi connectivity index (χ2n) is 7.79. The van der Waals surface area contributed by atoms with Crippen LogP contribution in [0.25, 0.3) is 0 Å². The van der Waals surface area contributed by atoms with E-state index in [-0.39, 0.29) is 12.5 Å². The molecule has 0 heterocycles. The third-order valence-corrected chi connectivity index (χ3v) is 5.24. The summed E-state index contributed by atoms with van der Waals surface area (Å²) in [5, 5.41) is 0. The number of ether oxygens (including phenoxy) is 4. The number of benzene rings is 3. The van der Waals surface area contributed by atoms with Crippen LogP contribution in [0.1, 0.15) is 44.7 Å². The van der Waals surface area contributed by atoms with E-state index in [1.165, 1.54) is 0 Å². The van der Waals surface area contributed by atoms with Crippen LogP contribution >= 0.6 is 0 Å². The molecular weight excluding hydrogens is 448 g/mol. The monoisotopic (exact) mass is 474 g/mol. The second-order valence-corrected chi connectivity index (χ2v) is 7.79. The molecule has 3 aromatic rings. The van der Waals surface area contributed by atoms with Gasteiger partial charge in [0.25, 0.3) is 0 Å². The molecule has 1 atom stereocenters. The van der Waals surface area contributed by atoms with Crippen LogP contribution in [-0.4, -0.2) is 31.6 Å². The van der Waals surface area contributed by atoms with Gasteiger partial charge in [-0.3, -0.25) is 0 Å². The van der Waals surface area contributed by atoms with Gasteiger partial charge in [0, 0.05) is 12.0 Å². The van der Waals surface area contributed by atoms with Crippen LogP contribution in [0.5, 0.6) is 17.2 Å². The number of rotatable bonds is 9. The summed E-state index contributed by atoms with van der Waals surface area (Å²) < 4.78 is 21.1. The summed E-state index contributed by atoms with van der Waals surface area (Å²) in [7, 11) is 1.55. The zero-order chi connectivity index (χ0) is 25.4. The third kappa shape index (κ3) is 6.80. The van der Waals surface area contributed by atoms with Crippen molar-refractivity contribution in [3.05, 3.63) is 102 Å². The molecule has 0 aliphatic carbocycles. The van der Waals surface area contributed by atoms with Gasteiger partial charge in [0.05, 0.1) is 24.8 Å². The Morgan fingerprint density at radius 3 is 2.00 bits per heavy atom. The van der Waals surface area contributed by atoms with Crippen LogP contribution in [-0.2, 0) is 9.53 Å². The second kappa shape index (κ2) is 11.7. The molecule has 35 heavy (non-hydrogen) atoms. The maximum absolute atomic E-state index is 12.6. The van der Waals surface area contributed by atoms with E-state index >= 15 is 0 Å². The fourth-order valence-electron chi connectivity index (χ4n) is 3.16. The first-order valence-electron chi connectivity index (χ1n) is 10.9. The summed E-state index contributed by atoms with van der Waals surface area (Å²) in [5.41, 5.74) is 2.31. The number of esters is 3. The molecule has 0 saturated heterocycles. The Hall–Kier alpha value is -4.39.